The number of nitrogens with one attached hydrogen (secondary N) is 2. The highest BCUT2D eigenvalue weighted by molar-refractivity contribution is 5.96. The van der Waals surface area contributed by atoms with Crippen LogP contribution in [0.3, 0.4) is 0 Å². The molecule has 2 aromatic carbocycles. The fraction of sp³-hybridized carbons (Fsp3) is 0.200. The molecule has 2 aliphatic rings. The molecule has 8 heteroatoms. The first-order valence-electron chi connectivity index (χ1n) is 8.68. The van der Waals surface area contributed by atoms with Gasteiger partial charge in [0.1, 0.15) is 0 Å². The van der Waals surface area contributed by atoms with Gasteiger partial charge >= 0.3 is 0 Å². The summed E-state index contributed by atoms with van der Waals surface area (Å²) in [5.41, 5.74) is 1.75. The van der Waals surface area contributed by atoms with Gasteiger partial charge in [-0.05, 0) is 35.4 Å². The minimum absolute atomic E-state index is 0.204. The zero-order valence-electron chi connectivity index (χ0n) is 14.9. The zero-order valence-corrected chi connectivity index (χ0v) is 14.9. The van der Waals surface area contributed by atoms with Gasteiger partial charge in [0.15, 0.2) is 23.0 Å². The van der Waals surface area contributed by atoms with E-state index in [-0.39, 0.29) is 25.4 Å². The first-order chi connectivity index (χ1) is 13.7. The van der Waals surface area contributed by atoms with E-state index in [1.54, 1.807) is 12.1 Å². The Labute approximate surface area is 161 Å². The van der Waals surface area contributed by atoms with E-state index in [9.17, 15) is 9.59 Å². The van der Waals surface area contributed by atoms with Gasteiger partial charge in [-0.25, -0.2) is 0 Å². The number of rotatable bonds is 6. The lowest BCUT2D eigenvalue weighted by molar-refractivity contribution is -0.118. The number of carbonyl (C=O) groups is 2. The lowest BCUT2D eigenvalue weighted by Crippen LogP contribution is -2.23. The quantitative estimate of drug-likeness (QED) is 0.738. The van der Waals surface area contributed by atoms with Crippen LogP contribution in [0.2, 0.25) is 0 Å². The average molecular weight is 382 g/mol. The Bertz CT molecular complexity index is 865. The predicted molar refractivity (Wildman–Crippen MR) is 98.0 cm³/mol. The molecule has 0 aliphatic carbocycles. The van der Waals surface area contributed by atoms with E-state index in [2.05, 4.69) is 10.6 Å². The molecular weight excluding hydrogens is 364 g/mol. The minimum atomic E-state index is -0.365. The Hall–Kier alpha value is -3.68. The van der Waals surface area contributed by atoms with Crippen LogP contribution in [0, 0.1) is 0 Å². The summed E-state index contributed by atoms with van der Waals surface area (Å²) in [4.78, 5) is 23.8. The maximum absolute atomic E-state index is 11.9. The summed E-state index contributed by atoms with van der Waals surface area (Å²) in [6.45, 7) is 1.04. The highest BCUT2D eigenvalue weighted by Gasteiger charge is 2.14. The van der Waals surface area contributed by atoms with Gasteiger partial charge in [0.05, 0.1) is 0 Å². The van der Waals surface area contributed by atoms with Gasteiger partial charge in [0, 0.05) is 25.2 Å². The average Bonchev–Trinajstić information content (AvgIpc) is 3.37. The normalized spacial score (nSPS) is 13.6. The molecule has 0 saturated carbocycles. The van der Waals surface area contributed by atoms with Crippen molar-refractivity contribution in [1.82, 2.24) is 10.6 Å². The molecule has 0 fully saturated rings. The molecule has 0 spiro atoms. The second kappa shape index (κ2) is 7.91. The van der Waals surface area contributed by atoms with Crippen molar-refractivity contribution in [2.45, 2.75) is 13.1 Å². The topological polar surface area (TPSA) is 95.1 Å². The molecule has 2 aromatic rings. The molecule has 2 N–H and O–H groups in total. The second-order valence-electron chi connectivity index (χ2n) is 6.14. The van der Waals surface area contributed by atoms with Gasteiger partial charge < -0.3 is 29.6 Å². The van der Waals surface area contributed by atoms with E-state index in [1.807, 2.05) is 24.3 Å². The summed E-state index contributed by atoms with van der Waals surface area (Å²) in [6.07, 6.45) is 2.39. The summed E-state index contributed by atoms with van der Waals surface area (Å²) in [5.74, 6) is 1.96. The van der Waals surface area contributed by atoms with Crippen molar-refractivity contribution >= 4 is 11.8 Å². The summed E-state index contributed by atoms with van der Waals surface area (Å²) < 4.78 is 21.1. The first kappa shape index (κ1) is 17.7. The van der Waals surface area contributed by atoms with E-state index in [0.717, 1.165) is 11.1 Å². The van der Waals surface area contributed by atoms with Crippen LogP contribution in [0.4, 0.5) is 0 Å². The Kier molecular flexibility index (Phi) is 5.01. The molecule has 0 unspecified atom stereocenters. The summed E-state index contributed by atoms with van der Waals surface area (Å²) in [6, 6.07) is 10.9. The van der Waals surface area contributed by atoms with Gasteiger partial charge in [-0.15, -0.1) is 0 Å². The Balaban J connectivity index is 1.22. The minimum Gasteiger partial charge on any atom is -0.454 e. The molecule has 2 amide bonds. The van der Waals surface area contributed by atoms with Crippen LogP contribution in [-0.4, -0.2) is 25.4 Å². The highest BCUT2D eigenvalue weighted by atomic mass is 16.7. The van der Waals surface area contributed by atoms with Gasteiger partial charge in [-0.2, -0.15) is 0 Å². The number of carbonyl (C=O) groups excluding carboxylic acids is 2. The molecule has 0 aromatic heterocycles. The standard InChI is InChI=1S/C20H18N2O6/c23-19(21-9-13-1-3-15-17(7-13)27-11-25-15)5-6-20(24)22-10-14-2-4-16-18(8-14)28-12-26-16/h1-8H,9-12H2,(H,21,23)(H,22,24)/b6-5+. The van der Waals surface area contributed by atoms with Crippen molar-refractivity contribution in [1.29, 1.82) is 0 Å². The number of hydrogen-bond acceptors (Lipinski definition) is 6. The predicted octanol–water partition coefficient (Wildman–Crippen LogP) is 1.63. The van der Waals surface area contributed by atoms with Gasteiger partial charge in [0.2, 0.25) is 25.4 Å². The molecule has 4 rings (SSSR count). The summed E-state index contributed by atoms with van der Waals surface area (Å²) in [7, 11) is 0. The van der Waals surface area contributed by atoms with Gasteiger partial charge in [0.25, 0.3) is 0 Å². The third kappa shape index (κ3) is 4.17. The monoisotopic (exact) mass is 382 g/mol. The molecule has 0 atom stereocenters. The van der Waals surface area contributed by atoms with Crippen LogP contribution < -0.4 is 29.6 Å². The molecule has 2 heterocycles. The fourth-order valence-corrected chi connectivity index (χ4v) is 2.75. The van der Waals surface area contributed by atoms with Crippen LogP contribution >= 0.6 is 0 Å². The number of ether oxygens (including phenoxy) is 4. The lowest BCUT2D eigenvalue weighted by Gasteiger charge is -2.05. The van der Waals surface area contributed by atoms with E-state index in [1.165, 1.54) is 12.2 Å². The van der Waals surface area contributed by atoms with Crippen LogP contribution in [0.15, 0.2) is 48.6 Å². The van der Waals surface area contributed by atoms with E-state index < -0.39 is 0 Å². The van der Waals surface area contributed by atoms with Crippen LogP contribution in [0.5, 0.6) is 23.0 Å². The van der Waals surface area contributed by atoms with Crippen LogP contribution in [0.25, 0.3) is 0 Å². The lowest BCUT2D eigenvalue weighted by atomic mass is 10.2. The Morgan fingerprint density at radius 3 is 1.61 bits per heavy atom. The van der Waals surface area contributed by atoms with Gasteiger partial charge in [-0.1, -0.05) is 12.1 Å². The Morgan fingerprint density at radius 1 is 0.714 bits per heavy atom. The van der Waals surface area contributed by atoms with Crippen molar-refractivity contribution in [3.8, 4) is 23.0 Å². The van der Waals surface area contributed by atoms with Crippen molar-refractivity contribution < 1.29 is 28.5 Å². The molecule has 0 radical (unpaired) electrons. The second-order valence-corrected chi connectivity index (χ2v) is 6.14. The van der Waals surface area contributed by atoms with Crippen molar-refractivity contribution in [3.63, 3.8) is 0 Å². The Morgan fingerprint density at radius 2 is 1.14 bits per heavy atom. The molecule has 144 valence electrons. The van der Waals surface area contributed by atoms with Crippen LogP contribution in [0.1, 0.15) is 11.1 Å². The molecular formula is C20H18N2O6. The molecule has 8 nitrogen and oxygen atoms in total. The van der Waals surface area contributed by atoms with E-state index >= 15 is 0 Å². The molecule has 0 bridgehead atoms. The zero-order chi connectivity index (χ0) is 19.3. The smallest absolute Gasteiger partial charge is 0.244 e. The molecule has 0 saturated heterocycles. The first-order valence-corrected chi connectivity index (χ1v) is 8.68. The third-order valence-corrected chi connectivity index (χ3v) is 4.19. The van der Waals surface area contributed by atoms with E-state index in [0.29, 0.717) is 36.1 Å². The number of benzene rings is 2. The fourth-order valence-electron chi connectivity index (χ4n) is 2.75. The molecule has 2 aliphatic heterocycles. The number of amides is 2. The number of fused-ring (bicyclic) bond motifs is 2. The summed E-state index contributed by atoms with van der Waals surface area (Å²) in [5, 5.41) is 5.43. The van der Waals surface area contributed by atoms with Crippen LogP contribution in [-0.2, 0) is 22.7 Å². The van der Waals surface area contributed by atoms with Crippen molar-refractivity contribution in [2.75, 3.05) is 13.6 Å². The molecule has 28 heavy (non-hydrogen) atoms. The SMILES string of the molecule is O=C(/C=C/C(=O)NCc1ccc2c(c1)OCO2)NCc1ccc2c(c1)OCO2. The number of hydrogen-bond donors (Lipinski definition) is 2. The maximum Gasteiger partial charge on any atom is 0.244 e. The maximum atomic E-state index is 11.9. The largest absolute Gasteiger partial charge is 0.454 e. The van der Waals surface area contributed by atoms with Crippen molar-refractivity contribution in [3.05, 3.63) is 59.7 Å². The van der Waals surface area contributed by atoms with Gasteiger partial charge in [-0.3, -0.25) is 9.59 Å². The highest BCUT2D eigenvalue weighted by Crippen LogP contribution is 2.33. The summed E-state index contributed by atoms with van der Waals surface area (Å²) >= 11 is 0. The van der Waals surface area contributed by atoms with E-state index in [4.69, 9.17) is 18.9 Å². The van der Waals surface area contributed by atoms with Crippen molar-refractivity contribution in [2.24, 2.45) is 0 Å². The third-order valence-electron chi connectivity index (χ3n) is 4.19.